The summed E-state index contributed by atoms with van der Waals surface area (Å²) in [5.41, 5.74) is 0. The molecule has 0 aliphatic rings. The summed E-state index contributed by atoms with van der Waals surface area (Å²) in [6, 6.07) is 0. The van der Waals surface area contributed by atoms with Crippen molar-refractivity contribution >= 4 is 21.5 Å². The molecule has 0 spiro atoms. The van der Waals surface area contributed by atoms with E-state index in [-0.39, 0.29) is 23.3 Å². The Labute approximate surface area is 93.3 Å². The van der Waals surface area contributed by atoms with E-state index in [9.17, 15) is 18.9 Å². The van der Waals surface area contributed by atoms with E-state index in [1.807, 2.05) is 0 Å². The van der Waals surface area contributed by atoms with Gasteiger partial charge in [0, 0.05) is 6.54 Å². The van der Waals surface area contributed by atoms with Gasteiger partial charge in [-0.3, -0.25) is 10.1 Å². The molecule has 0 saturated carbocycles. The fourth-order valence-corrected chi connectivity index (χ4v) is 1.81. The first kappa shape index (κ1) is 12.7. The van der Waals surface area contributed by atoms with Crippen molar-refractivity contribution in [2.75, 3.05) is 24.6 Å². The number of alkyl halides is 2. The van der Waals surface area contributed by atoms with Gasteiger partial charge in [0.1, 0.15) is 6.20 Å². The lowest BCUT2D eigenvalue weighted by Crippen LogP contribution is -2.31. The first-order valence-electron chi connectivity index (χ1n) is 4.28. The zero-order valence-electron chi connectivity index (χ0n) is 8.05. The monoisotopic (exact) mass is 253 g/mol. The number of rotatable bonds is 6. The number of halogens is 2. The Morgan fingerprint density at radius 3 is 2.81 bits per heavy atom. The summed E-state index contributed by atoms with van der Waals surface area (Å²) in [5, 5.41) is 19.0. The molecule has 0 fully saturated rings. The number of anilines is 1. The number of aromatic nitrogens is 1. The molecular formula is C7H9F2N3O3S. The predicted octanol–water partition coefficient (Wildman–Crippen LogP) is 1.12. The summed E-state index contributed by atoms with van der Waals surface area (Å²) in [6.07, 6.45) is -1.58. The largest absolute Gasteiger partial charge is 0.395 e. The molecular weight excluding hydrogens is 244 g/mol. The molecule has 6 nitrogen and oxygen atoms in total. The average Bonchev–Trinajstić information content (AvgIpc) is 2.65. The van der Waals surface area contributed by atoms with Crippen molar-refractivity contribution in [2.24, 2.45) is 0 Å². The second kappa shape index (κ2) is 5.66. The molecule has 0 atom stereocenters. The summed E-state index contributed by atoms with van der Waals surface area (Å²) in [7, 11) is 0. The minimum absolute atomic E-state index is 0.0327. The van der Waals surface area contributed by atoms with Gasteiger partial charge in [-0.05, 0) is 11.3 Å². The first-order valence-corrected chi connectivity index (χ1v) is 5.10. The molecule has 16 heavy (non-hydrogen) atoms. The molecule has 90 valence electrons. The van der Waals surface area contributed by atoms with E-state index in [4.69, 9.17) is 5.11 Å². The van der Waals surface area contributed by atoms with Crippen LogP contribution in [0.3, 0.4) is 0 Å². The molecule has 0 amide bonds. The van der Waals surface area contributed by atoms with Gasteiger partial charge in [0.05, 0.1) is 18.1 Å². The Kier molecular flexibility index (Phi) is 4.50. The Morgan fingerprint density at radius 2 is 2.38 bits per heavy atom. The molecule has 9 heteroatoms. The van der Waals surface area contributed by atoms with Crippen LogP contribution in [0.1, 0.15) is 0 Å². The summed E-state index contributed by atoms with van der Waals surface area (Å²) in [4.78, 5) is 14.5. The van der Waals surface area contributed by atoms with Crippen molar-refractivity contribution in [3.63, 3.8) is 0 Å². The molecule has 1 aromatic heterocycles. The number of aliphatic hydroxyl groups excluding tert-OH is 1. The molecule has 1 heterocycles. The molecule has 0 aliphatic carbocycles. The van der Waals surface area contributed by atoms with Crippen LogP contribution in [0.25, 0.3) is 0 Å². The van der Waals surface area contributed by atoms with E-state index in [1.54, 1.807) is 0 Å². The molecule has 0 aliphatic heterocycles. The number of hydrogen-bond donors (Lipinski definition) is 1. The van der Waals surface area contributed by atoms with Gasteiger partial charge in [-0.2, -0.15) is 0 Å². The maximum atomic E-state index is 12.2. The Bertz CT molecular complexity index is 360. The van der Waals surface area contributed by atoms with Crippen LogP contribution in [-0.4, -0.2) is 41.1 Å². The Morgan fingerprint density at radius 1 is 1.69 bits per heavy atom. The first-order chi connectivity index (χ1) is 7.54. The lowest BCUT2D eigenvalue weighted by atomic mass is 10.5. The Balaban J connectivity index is 2.79. The van der Waals surface area contributed by atoms with E-state index >= 15 is 0 Å². The van der Waals surface area contributed by atoms with Crippen molar-refractivity contribution in [1.29, 1.82) is 0 Å². The second-order valence-corrected chi connectivity index (χ2v) is 3.79. The van der Waals surface area contributed by atoms with Gasteiger partial charge in [-0.25, -0.2) is 13.8 Å². The fraction of sp³-hybridized carbons (Fsp3) is 0.571. The summed E-state index contributed by atoms with van der Waals surface area (Å²) >= 11 is 0.702. The van der Waals surface area contributed by atoms with Crippen LogP contribution in [-0.2, 0) is 0 Å². The van der Waals surface area contributed by atoms with Crippen molar-refractivity contribution in [1.82, 2.24) is 4.98 Å². The van der Waals surface area contributed by atoms with E-state index in [0.29, 0.717) is 11.3 Å². The Hall–Kier alpha value is -1.35. The molecule has 1 rings (SSSR count). The number of nitro groups is 1. The molecule has 1 N–H and O–H groups in total. The maximum Gasteiger partial charge on any atom is 0.345 e. The minimum Gasteiger partial charge on any atom is -0.395 e. The zero-order chi connectivity index (χ0) is 12.1. The van der Waals surface area contributed by atoms with E-state index in [1.165, 1.54) is 0 Å². The smallest absolute Gasteiger partial charge is 0.345 e. The standard InChI is InChI=1S/C7H9F2N3O3S/c8-5(9)4-11(1-2-13)7-10-3-6(16-7)12(14)15/h3,5,13H,1-2,4H2. The van der Waals surface area contributed by atoms with Crippen molar-refractivity contribution in [3.05, 3.63) is 16.3 Å². The second-order valence-electron chi connectivity index (χ2n) is 2.80. The summed E-state index contributed by atoms with van der Waals surface area (Å²) < 4.78 is 24.4. The highest BCUT2D eigenvalue weighted by Crippen LogP contribution is 2.28. The van der Waals surface area contributed by atoms with Crippen LogP contribution in [0.5, 0.6) is 0 Å². The third-order valence-corrected chi connectivity index (χ3v) is 2.67. The predicted molar refractivity (Wildman–Crippen MR) is 54.1 cm³/mol. The number of nitrogens with zero attached hydrogens (tertiary/aromatic N) is 3. The van der Waals surface area contributed by atoms with Gasteiger partial charge in [0.25, 0.3) is 6.43 Å². The third kappa shape index (κ3) is 3.35. The lowest BCUT2D eigenvalue weighted by Gasteiger charge is -2.19. The molecule has 1 aromatic rings. The maximum absolute atomic E-state index is 12.2. The van der Waals surface area contributed by atoms with Crippen LogP contribution >= 0.6 is 11.3 Å². The van der Waals surface area contributed by atoms with Gasteiger partial charge >= 0.3 is 5.00 Å². The highest BCUT2D eigenvalue weighted by atomic mass is 32.1. The van der Waals surface area contributed by atoms with E-state index < -0.39 is 17.9 Å². The summed E-state index contributed by atoms with van der Waals surface area (Å²) in [5.74, 6) is 0. The highest BCUT2D eigenvalue weighted by molar-refractivity contribution is 7.18. The van der Waals surface area contributed by atoms with Crippen molar-refractivity contribution in [2.45, 2.75) is 6.43 Å². The van der Waals surface area contributed by atoms with Crippen molar-refractivity contribution < 1.29 is 18.8 Å². The molecule has 0 saturated heterocycles. The molecule has 0 bridgehead atoms. The van der Waals surface area contributed by atoms with Crippen molar-refractivity contribution in [3.8, 4) is 0 Å². The van der Waals surface area contributed by atoms with Crippen LogP contribution < -0.4 is 4.90 Å². The van der Waals surface area contributed by atoms with Gasteiger partial charge in [-0.15, -0.1) is 0 Å². The number of aliphatic hydroxyl groups is 1. The van der Waals surface area contributed by atoms with Crippen LogP contribution in [0.4, 0.5) is 18.9 Å². The SMILES string of the molecule is O=[N+]([O-])c1cnc(N(CCO)CC(F)F)s1. The van der Waals surface area contributed by atoms with Gasteiger partial charge in [0.15, 0.2) is 5.13 Å². The lowest BCUT2D eigenvalue weighted by molar-refractivity contribution is -0.380. The topological polar surface area (TPSA) is 79.5 Å². The van der Waals surface area contributed by atoms with Crippen LogP contribution in [0, 0.1) is 10.1 Å². The normalized spacial score (nSPS) is 10.8. The fourth-order valence-electron chi connectivity index (χ4n) is 1.04. The minimum atomic E-state index is -2.59. The zero-order valence-corrected chi connectivity index (χ0v) is 8.86. The number of hydrogen-bond acceptors (Lipinski definition) is 6. The van der Waals surface area contributed by atoms with Gasteiger partial charge in [-0.1, -0.05) is 0 Å². The quantitative estimate of drug-likeness (QED) is 0.607. The van der Waals surface area contributed by atoms with Gasteiger partial charge < -0.3 is 10.0 Å². The third-order valence-electron chi connectivity index (χ3n) is 1.66. The summed E-state index contributed by atoms with van der Waals surface area (Å²) in [6.45, 7) is -0.958. The van der Waals surface area contributed by atoms with Gasteiger partial charge in [0.2, 0.25) is 0 Å². The number of thiazole rings is 1. The van der Waals surface area contributed by atoms with E-state index in [2.05, 4.69) is 4.98 Å². The average molecular weight is 253 g/mol. The molecule has 0 radical (unpaired) electrons. The van der Waals surface area contributed by atoms with E-state index in [0.717, 1.165) is 11.1 Å². The highest BCUT2D eigenvalue weighted by Gasteiger charge is 2.19. The molecule has 0 aromatic carbocycles. The van der Waals surface area contributed by atoms with Crippen LogP contribution in [0.15, 0.2) is 6.20 Å². The molecule has 0 unspecified atom stereocenters. The van der Waals surface area contributed by atoms with Crippen LogP contribution in [0.2, 0.25) is 0 Å².